The number of rotatable bonds is 4. The summed E-state index contributed by atoms with van der Waals surface area (Å²) in [4.78, 5) is 16.6. The molecule has 8 heteroatoms. The number of phenols is 1. The summed E-state index contributed by atoms with van der Waals surface area (Å²) in [6.07, 6.45) is 1.60. The molecule has 0 aliphatic heterocycles. The van der Waals surface area contributed by atoms with Crippen LogP contribution >= 0.6 is 0 Å². The molecule has 0 radical (unpaired) electrons. The van der Waals surface area contributed by atoms with Crippen LogP contribution in [0.15, 0.2) is 24.4 Å². The van der Waals surface area contributed by atoms with E-state index in [1.54, 1.807) is 12.3 Å². The lowest BCUT2D eigenvalue weighted by atomic mass is 10.1. The third kappa shape index (κ3) is 2.78. The van der Waals surface area contributed by atoms with Crippen LogP contribution in [-0.4, -0.2) is 46.4 Å². The zero-order valence-corrected chi connectivity index (χ0v) is 12.8. The number of nitrogens with zero attached hydrogens (tertiary/aromatic N) is 4. The van der Waals surface area contributed by atoms with Crippen LogP contribution in [-0.2, 0) is 0 Å². The van der Waals surface area contributed by atoms with E-state index in [1.807, 2.05) is 6.07 Å². The zero-order valence-electron chi connectivity index (χ0n) is 12.8. The molecule has 2 aromatic heterocycles. The van der Waals surface area contributed by atoms with Crippen molar-refractivity contribution in [3.05, 3.63) is 24.4 Å². The standard InChI is InChI=1S/C15H14N4O4/c1-21-12-5-8-4-9(7-16-10(8)6-11(12)20)13-17-14(22-2)19-15(18-13)23-3/h4-7,20H,1-3H3. The van der Waals surface area contributed by atoms with Gasteiger partial charge in [-0.2, -0.15) is 9.97 Å². The summed E-state index contributed by atoms with van der Waals surface area (Å²) < 4.78 is 15.2. The number of methoxy groups -OCH3 is 3. The van der Waals surface area contributed by atoms with Crippen LogP contribution in [0.4, 0.5) is 0 Å². The minimum Gasteiger partial charge on any atom is -0.504 e. The van der Waals surface area contributed by atoms with E-state index >= 15 is 0 Å². The van der Waals surface area contributed by atoms with Crippen molar-refractivity contribution in [2.24, 2.45) is 0 Å². The van der Waals surface area contributed by atoms with Gasteiger partial charge in [-0.05, 0) is 12.1 Å². The molecule has 8 nitrogen and oxygen atoms in total. The van der Waals surface area contributed by atoms with Gasteiger partial charge in [0.05, 0.1) is 26.8 Å². The first kappa shape index (κ1) is 14.8. The minimum absolute atomic E-state index is 0.0312. The van der Waals surface area contributed by atoms with Crippen molar-refractivity contribution in [2.75, 3.05) is 21.3 Å². The lowest BCUT2D eigenvalue weighted by Gasteiger charge is -2.08. The molecule has 0 unspecified atom stereocenters. The van der Waals surface area contributed by atoms with E-state index in [1.165, 1.54) is 27.4 Å². The Morgan fingerprint density at radius 2 is 1.57 bits per heavy atom. The fourth-order valence-corrected chi connectivity index (χ4v) is 2.08. The Morgan fingerprint density at radius 1 is 0.870 bits per heavy atom. The van der Waals surface area contributed by atoms with Crippen LogP contribution in [0.25, 0.3) is 22.3 Å². The van der Waals surface area contributed by atoms with Gasteiger partial charge in [0.15, 0.2) is 17.3 Å². The first-order valence-corrected chi connectivity index (χ1v) is 6.65. The molecule has 0 aliphatic carbocycles. The van der Waals surface area contributed by atoms with Crippen molar-refractivity contribution in [1.82, 2.24) is 19.9 Å². The fraction of sp³-hybridized carbons (Fsp3) is 0.200. The quantitative estimate of drug-likeness (QED) is 0.778. The highest BCUT2D eigenvalue weighted by atomic mass is 16.5. The molecule has 118 valence electrons. The van der Waals surface area contributed by atoms with Crippen LogP contribution in [0.2, 0.25) is 0 Å². The van der Waals surface area contributed by atoms with Crippen molar-refractivity contribution in [2.45, 2.75) is 0 Å². The molecule has 2 heterocycles. The Labute approximate surface area is 131 Å². The van der Waals surface area contributed by atoms with Crippen LogP contribution in [0, 0.1) is 0 Å². The molecule has 0 saturated carbocycles. The number of pyridine rings is 1. The first-order valence-electron chi connectivity index (χ1n) is 6.65. The molecule has 3 rings (SSSR count). The van der Waals surface area contributed by atoms with E-state index in [-0.39, 0.29) is 17.8 Å². The Balaban J connectivity index is 2.14. The fourth-order valence-electron chi connectivity index (χ4n) is 2.08. The van der Waals surface area contributed by atoms with E-state index in [0.29, 0.717) is 22.7 Å². The summed E-state index contributed by atoms with van der Waals surface area (Å²) in [6.45, 7) is 0. The average molecular weight is 314 g/mol. The van der Waals surface area contributed by atoms with Gasteiger partial charge in [0, 0.05) is 23.2 Å². The van der Waals surface area contributed by atoms with Gasteiger partial charge in [-0.25, -0.2) is 0 Å². The predicted octanol–water partition coefficient (Wildman–Crippen LogP) is 1.82. The van der Waals surface area contributed by atoms with E-state index in [4.69, 9.17) is 14.2 Å². The zero-order chi connectivity index (χ0) is 16.4. The van der Waals surface area contributed by atoms with Gasteiger partial charge in [0.25, 0.3) is 0 Å². The summed E-state index contributed by atoms with van der Waals surface area (Å²) in [5.41, 5.74) is 1.28. The highest BCUT2D eigenvalue weighted by Gasteiger charge is 2.12. The minimum atomic E-state index is 0.0312. The van der Waals surface area contributed by atoms with Crippen molar-refractivity contribution in [1.29, 1.82) is 0 Å². The first-order chi connectivity index (χ1) is 11.1. The number of ether oxygens (including phenoxy) is 3. The second-order valence-corrected chi connectivity index (χ2v) is 4.57. The molecule has 23 heavy (non-hydrogen) atoms. The number of fused-ring (bicyclic) bond motifs is 1. The second-order valence-electron chi connectivity index (χ2n) is 4.57. The van der Waals surface area contributed by atoms with Crippen LogP contribution < -0.4 is 14.2 Å². The van der Waals surface area contributed by atoms with Gasteiger partial charge in [-0.1, -0.05) is 0 Å². The summed E-state index contributed by atoms with van der Waals surface area (Å²) in [5, 5.41) is 10.6. The molecule has 0 aliphatic rings. The topological polar surface area (TPSA) is 99.5 Å². The third-order valence-electron chi connectivity index (χ3n) is 3.20. The number of aromatic nitrogens is 4. The smallest absolute Gasteiger partial charge is 0.322 e. The maximum atomic E-state index is 9.80. The second kappa shape index (κ2) is 5.91. The molecule has 3 aromatic rings. The highest BCUT2D eigenvalue weighted by Crippen LogP contribution is 2.32. The predicted molar refractivity (Wildman–Crippen MR) is 81.9 cm³/mol. The van der Waals surface area contributed by atoms with Crippen molar-refractivity contribution < 1.29 is 19.3 Å². The summed E-state index contributed by atoms with van der Waals surface area (Å²) in [6, 6.07) is 5.35. The number of aromatic hydroxyl groups is 1. The Hall–Kier alpha value is -3.16. The molecule has 1 aromatic carbocycles. The molecule has 0 atom stereocenters. The van der Waals surface area contributed by atoms with Gasteiger partial charge >= 0.3 is 12.0 Å². The Bertz CT molecular complexity index is 847. The molecule has 1 N–H and O–H groups in total. The monoisotopic (exact) mass is 314 g/mol. The average Bonchev–Trinajstić information content (AvgIpc) is 2.60. The summed E-state index contributed by atoms with van der Waals surface area (Å²) in [5.74, 6) is 0.765. The lowest BCUT2D eigenvalue weighted by Crippen LogP contribution is -2.01. The maximum Gasteiger partial charge on any atom is 0.322 e. The summed E-state index contributed by atoms with van der Waals surface area (Å²) >= 11 is 0. The lowest BCUT2D eigenvalue weighted by molar-refractivity contribution is 0.341. The number of phenolic OH excluding ortho intramolecular Hbond substituents is 1. The van der Waals surface area contributed by atoms with Crippen LogP contribution in [0.1, 0.15) is 0 Å². The maximum absolute atomic E-state index is 9.80. The highest BCUT2D eigenvalue weighted by molar-refractivity contribution is 5.85. The molecular weight excluding hydrogens is 300 g/mol. The van der Waals surface area contributed by atoms with Gasteiger partial charge in [-0.15, -0.1) is 4.98 Å². The third-order valence-corrected chi connectivity index (χ3v) is 3.20. The van der Waals surface area contributed by atoms with E-state index in [9.17, 15) is 5.11 Å². The molecule has 0 bridgehead atoms. The van der Waals surface area contributed by atoms with E-state index < -0.39 is 0 Å². The Morgan fingerprint density at radius 3 is 2.17 bits per heavy atom. The molecular formula is C15H14N4O4. The van der Waals surface area contributed by atoms with Crippen molar-refractivity contribution in [3.8, 4) is 34.9 Å². The Kier molecular flexibility index (Phi) is 3.80. The van der Waals surface area contributed by atoms with Gasteiger partial charge in [-0.3, -0.25) is 4.98 Å². The number of benzene rings is 1. The van der Waals surface area contributed by atoms with Crippen LogP contribution in [0.3, 0.4) is 0 Å². The van der Waals surface area contributed by atoms with Crippen LogP contribution in [0.5, 0.6) is 23.5 Å². The number of hydrogen-bond acceptors (Lipinski definition) is 8. The van der Waals surface area contributed by atoms with Crippen molar-refractivity contribution in [3.63, 3.8) is 0 Å². The van der Waals surface area contributed by atoms with Gasteiger partial charge in [0.1, 0.15) is 0 Å². The molecule has 0 spiro atoms. The van der Waals surface area contributed by atoms with E-state index in [0.717, 1.165) is 5.39 Å². The van der Waals surface area contributed by atoms with Gasteiger partial charge in [0.2, 0.25) is 0 Å². The van der Waals surface area contributed by atoms with E-state index in [2.05, 4.69) is 19.9 Å². The normalized spacial score (nSPS) is 10.6. The van der Waals surface area contributed by atoms with Crippen molar-refractivity contribution >= 4 is 10.9 Å². The molecule has 0 amide bonds. The largest absolute Gasteiger partial charge is 0.504 e. The summed E-state index contributed by atoms with van der Waals surface area (Å²) in [7, 11) is 4.41. The molecule has 0 fully saturated rings. The SMILES string of the molecule is COc1nc(OC)nc(-c2cnc3cc(O)c(OC)cc3c2)n1. The van der Waals surface area contributed by atoms with Gasteiger partial charge < -0.3 is 19.3 Å². The molecule has 0 saturated heterocycles. The number of hydrogen-bond donors (Lipinski definition) is 1.